The van der Waals surface area contributed by atoms with Gasteiger partial charge >= 0.3 is 29.6 Å². The number of carbonyl (C=O) groups is 4. The number of benzene rings is 1. The standard InChI is InChI=1S/C33H44FN5O8S.Na/c1-33(2)20-16-39(27(25(20)33)30(42)37-24(32(44)48(45,46)47)14-18-10-7-13-35-28(18)40)31(43)26(17-8-4-3-5-9-17)38-29(41)23-15-19-21(34)11-6-12-22(19)36-23;/h6,11-12,15,17-18,20,24-27,32,36,44H,3-5,7-10,13-14,16H2,1-2H3,(H,35,40)(H,37,42)(H,38,41)(H,45,46,47);/q;+1/p-1/t18-,20-,24-,25-,26-,27-,32?;/m0./s1. The van der Waals surface area contributed by atoms with Crippen LogP contribution in [0.4, 0.5) is 4.39 Å². The van der Waals surface area contributed by atoms with Crippen LogP contribution in [-0.2, 0) is 24.5 Å². The maximum absolute atomic E-state index is 14.5. The average molecular weight is 712 g/mol. The summed E-state index contributed by atoms with van der Waals surface area (Å²) in [5.41, 5.74) is -2.30. The van der Waals surface area contributed by atoms with Gasteiger partial charge in [-0.3, -0.25) is 19.2 Å². The first-order valence-corrected chi connectivity index (χ1v) is 18.2. The van der Waals surface area contributed by atoms with E-state index in [0.29, 0.717) is 37.7 Å². The van der Waals surface area contributed by atoms with Gasteiger partial charge < -0.3 is 35.5 Å². The molecule has 2 saturated heterocycles. The van der Waals surface area contributed by atoms with Gasteiger partial charge in [0.1, 0.15) is 33.7 Å². The van der Waals surface area contributed by atoms with Gasteiger partial charge in [0.2, 0.25) is 17.7 Å². The molecule has 1 aromatic heterocycles. The number of carbonyl (C=O) groups excluding carboxylic acids is 4. The van der Waals surface area contributed by atoms with E-state index in [4.69, 9.17) is 0 Å². The summed E-state index contributed by atoms with van der Waals surface area (Å²) in [4.78, 5) is 58.9. The summed E-state index contributed by atoms with van der Waals surface area (Å²) in [6.07, 6.45) is 4.81. The molecule has 1 unspecified atom stereocenters. The van der Waals surface area contributed by atoms with E-state index in [2.05, 4.69) is 20.9 Å². The van der Waals surface area contributed by atoms with E-state index < -0.39 is 63.1 Å². The Morgan fingerprint density at radius 2 is 1.84 bits per heavy atom. The number of amides is 4. The zero-order chi connectivity index (χ0) is 34.5. The van der Waals surface area contributed by atoms with Gasteiger partial charge in [0.25, 0.3) is 5.91 Å². The summed E-state index contributed by atoms with van der Waals surface area (Å²) in [7, 11) is -5.27. The van der Waals surface area contributed by atoms with Crippen LogP contribution in [0.1, 0.15) is 75.7 Å². The zero-order valence-corrected chi connectivity index (χ0v) is 30.9. The van der Waals surface area contributed by atoms with Crippen molar-refractivity contribution in [1.29, 1.82) is 0 Å². The molecule has 49 heavy (non-hydrogen) atoms. The molecule has 16 heteroatoms. The number of nitrogens with one attached hydrogen (secondary N) is 4. The molecule has 0 spiro atoms. The van der Waals surface area contributed by atoms with Crippen LogP contribution in [0, 0.1) is 34.9 Å². The van der Waals surface area contributed by atoms with Crippen LogP contribution >= 0.6 is 0 Å². The van der Waals surface area contributed by atoms with Crippen molar-refractivity contribution in [3.8, 4) is 0 Å². The molecule has 0 radical (unpaired) electrons. The molecule has 2 aliphatic carbocycles. The molecule has 3 heterocycles. The molecule has 13 nitrogen and oxygen atoms in total. The fourth-order valence-electron chi connectivity index (χ4n) is 8.38. The minimum atomic E-state index is -5.27. The van der Waals surface area contributed by atoms with E-state index in [9.17, 15) is 41.6 Å². The molecule has 5 N–H and O–H groups in total. The van der Waals surface area contributed by atoms with Crippen LogP contribution in [-0.4, -0.2) is 88.2 Å². The molecule has 1 aromatic carbocycles. The van der Waals surface area contributed by atoms with Gasteiger partial charge in [-0.05, 0) is 73.5 Å². The van der Waals surface area contributed by atoms with E-state index >= 15 is 0 Å². The summed E-state index contributed by atoms with van der Waals surface area (Å²) < 4.78 is 50.2. The molecule has 4 aliphatic rings. The van der Waals surface area contributed by atoms with Crippen molar-refractivity contribution in [2.24, 2.45) is 29.1 Å². The number of hydrogen-bond acceptors (Lipinski definition) is 8. The summed E-state index contributed by atoms with van der Waals surface area (Å²) in [5.74, 6) is -3.91. The second-order valence-electron chi connectivity index (χ2n) is 14.5. The van der Waals surface area contributed by atoms with Gasteiger partial charge in [0, 0.05) is 29.9 Å². The Kier molecular flexibility index (Phi) is 11.2. The number of fused-ring (bicyclic) bond motifs is 2. The first-order chi connectivity index (χ1) is 22.7. The monoisotopic (exact) mass is 711 g/mol. The maximum atomic E-state index is 14.5. The third-order valence-electron chi connectivity index (χ3n) is 11.2. The Morgan fingerprint density at radius 3 is 2.49 bits per heavy atom. The fraction of sp³-hybridized carbons (Fsp3) is 0.636. The van der Waals surface area contributed by atoms with Crippen molar-refractivity contribution in [2.75, 3.05) is 13.1 Å². The number of likely N-dealkylation sites (tertiary alicyclic amines) is 1. The van der Waals surface area contributed by atoms with Crippen molar-refractivity contribution in [1.82, 2.24) is 25.8 Å². The Labute approximate surface area is 306 Å². The van der Waals surface area contributed by atoms with Crippen LogP contribution in [0.15, 0.2) is 24.3 Å². The summed E-state index contributed by atoms with van der Waals surface area (Å²) >= 11 is 0. The second kappa shape index (κ2) is 14.6. The summed E-state index contributed by atoms with van der Waals surface area (Å²) in [6, 6.07) is 2.22. The van der Waals surface area contributed by atoms with E-state index in [0.717, 1.165) is 19.3 Å². The quantitative estimate of drug-likeness (QED) is 0.149. The van der Waals surface area contributed by atoms with Crippen molar-refractivity contribution in [2.45, 2.75) is 88.8 Å². The first kappa shape index (κ1) is 37.7. The maximum Gasteiger partial charge on any atom is 1.00 e. The van der Waals surface area contributed by atoms with Gasteiger partial charge in [-0.2, -0.15) is 0 Å². The van der Waals surface area contributed by atoms with Crippen LogP contribution in [0.2, 0.25) is 0 Å². The van der Waals surface area contributed by atoms with E-state index in [1.807, 2.05) is 13.8 Å². The predicted octanol–water partition coefficient (Wildman–Crippen LogP) is -1.26. The summed E-state index contributed by atoms with van der Waals surface area (Å²) in [5, 5.41) is 18.9. The molecule has 6 rings (SSSR count). The first-order valence-electron chi connectivity index (χ1n) is 16.8. The molecular weight excluding hydrogens is 668 g/mol. The number of hydrogen-bond donors (Lipinski definition) is 5. The fourth-order valence-corrected chi connectivity index (χ4v) is 8.96. The van der Waals surface area contributed by atoms with Crippen LogP contribution < -0.4 is 45.5 Å². The third-order valence-corrected chi connectivity index (χ3v) is 12.1. The SMILES string of the molecule is CC1(C)[C@@H]2[C@@H](C(=O)N[C@@H](C[C@@H]3CCCNC3=O)C(O)S(=O)(=O)[O-])N(C(=O)[C@@H](NC(=O)c3cc4c(F)cccc4[nH]3)C3CCCCC3)C[C@@H]21.[Na+]. The van der Waals surface area contributed by atoms with Crippen molar-refractivity contribution >= 4 is 44.6 Å². The topological polar surface area (TPSA) is 201 Å². The molecule has 2 aliphatic heterocycles. The van der Waals surface area contributed by atoms with Crippen LogP contribution in [0.5, 0.6) is 0 Å². The number of aliphatic hydroxyl groups excluding tert-OH is 1. The molecule has 0 bridgehead atoms. The van der Waals surface area contributed by atoms with Crippen LogP contribution in [0.25, 0.3) is 10.9 Å². The van der Waals surface area contributed by atoms with Crippen molar-refractivity contribution in [3.05, 3.63) is 35.8 Å². The average Bonchev–Trinajstić information content (AvgIpc) is 3.42. The predicted molar refractivity (Wildman–Crippen MR) is 170 cm³/mol. The number of nitrogens with zero attached hydrogens (tertiary/aromatic N) is 1. The molecule has 2 aromatic rings. The number of aliphatic hydroxyl groups is 1. The normalized spacial score (nSPS) is 26.9. The second-order valence-corrected chi connectivity index (χ2v) is 16.0. The Morgan fingerprint density at radius 1 is 1.12 bits per heavy atom. The molecule has 4 amide bonds. The number of aromatic nitrogens is 1. The van der Waals surface area contributed by atoms with Crippen molar-refractivity contribution < 1.29 is 71.2 Å². The molecule has 262 valence electrons. The van der Waals surface area contributed by atoms with Gasteiger partial charge in [-0.15, -0.1) is 0 Å². The van der Waals surface area contributed by atoms with Crippen molar-refractivity contribution in [3.63, 3.8) is 0 Å². The van der Waals surface area contributed by atoms with Gasteiger partial charge in [-0.1, -0.05) is 39.2 Å². The van der Waals surface area contributed by atoms with Gasteiger partial charge in [0.15, 0.2) is 5.44 Å². The minimum Gasteiger partial charge on any atom is -0.746 e. The van der Waals surface area contributed by atoms with Gasteiger partial charge in [0.05, 0.1) is 6.04 Å². The van der Waals surface area contributed by atoms with E-state index in [1.54, 1.807) is 6.07 Å². The Bertz CT molecular complexity index is 1710. The van der Waals surface area contributed by atoms with E-state index in [-0.39, 0.29) is 82.7 Å². The molecule has 2 saturated carbocycles. The smallest absolute Gasteiger partial charge is 0.746 e. The number of piperidine rings is 2. The largest absolute Gasteiger partial charge is 1.00 e. The third kappa shape index (κ3) is 7.57. The number of H-pyrrole nitrogens is 1. The molecular formula is C33H43FN5NaO8S. The zero-order valence-electron chi connectivity index (χ0n) is 28.0. The Hall–Kier alpha value is -2.56. The molecule has 4 fully saturated rings. The number of rotatable bonds is 10. The Balaban J connectivity index is 0.00000468. The van der Waals surface area contributed by atoms with Crippen LogP contribution in [0.3, 0.4) is 0 Å². The minimum absolute atomic E-state index is 0. The summed E-state index contributed by atoms with van der Waals surface area (Å²) in [6.45, 7) is 4.62. The van der Waals surface area contributed by atoms with E-state index in [1.165, 1.54) is 23.1 Å². The van der Waals surface area contributed by atoms with Gasteiger partial charge in [-0.25, -0.2) is 12.8 Å². The number of aromatic amines is 1. The number of halogens is 1. The molecule has 7 atom stereocenters.